The zero-order valence-corrected chi connectivity index (χ0v) is 8.65. The average molecular weight is 217 g/mol. The van der Waals surface area contributed by atoms with Crippen molar-refractivity contribution in [2.24, 2.45) is 0 Å². The van der Waals surface area contributed by atoms with E-state index in [0.717, 1.165) is 18.8 Å². The molecule has 1 aromatic rings. The molecule has 1 aliphatic rings. The molecule has 0 amide bonds. The van der Waals surface area contributed by atoms with Crippen LogP contribution in [0.4, 0.5) is 5.69 Å². The summed E-state index contributed by atoms with van der Waals surface area (Å²) in [6.45, 7) is 2.14. The fraction of sp³-hybridized carbons (Fsp3) is 0.444. The first-order valence-electron chi connectivity index (χ1n) is 4.33. The Morgan fingerprint density at radius 2 is 1.92 bits per heavy atom. The van der Waals surface area contributed by atoms with Crippen LogP contribution < -0.4 is 4.90 Å². The third-order valence-electron chi connectivity index (χ3n) is 2.25. The van der Waals surface area contributed by atoms with Crippen molar-refractivity contribution in [1.29, 1.82) is 0 Å². The van der Waals surface area contributed by atoms with Crippen molar-refractivity contribution in [3.8, 4) is 0 Å². The van der Waals surface area contributed by atoms with Gasteiger partial charge in [0.15, 0.2) is 0 Å². The number of pyridine rings is 1. The molecule has 0 unspecified atom stereocenters. The first-order valence-corrected chi connectivity index (χ1v) is 5.09. The molecular weight excluding hydrogens is 207 g/mol. The molecule has 1 aromatic heterocycles. The standard InChI is InChI=1S/C9H10Cl2N2/c10-7-5-9(11)12-6-8(7)13-3-1-2-4-13/h5-6H,1-4H2. The molecule has 1 fully saturated rings. The molecule has 1 saturated heterocycles. The van der Waals surface area contributed by atoms with Gasteiger partial charge in [-0.15, -0.1) is 0 Å². The maximum Gasteiger partial charge on any atom is 0.130 e. The van der Waals surface area contributed by atoms with Crippen LogP contribution in [0.15, 0.2) is 12.3 Å². The predicted molar refractivity (Wildman–Crippen MR) is 55.7 cm³/mol. The van der Waals surface area contributed by atoms with Crippen molar-refractivity contribution in [1.82, 2.24) is 4.98 Å². The van der Waals surface area contributed by atoms with E-state index in [1.807, 2.05) is 0 Å². The van der Waals surface area contributed by atoms with E-state index < -0.39 is 0 Å². The molecule has 0 radical (unpaired) electrons. The first kappa shape index (κ1) is 9.10. The lowest BCUT2D eigenvalue weighted by Crippen LogP contribution is -2.18. The van der Waals surface area contributed by atoms with Gasteiger partial charge >= 0.3 is 0 Å². The fourth-order valence-electron chi connectivity index (χ4n) is 1.59. The number of hydrogen-bond donors (Lipinski definition) is 0. The van der Waals surface area contributed by atoms with Crippen LogP contribution >= 0.6 is 23.2 Å². The van der Waals surface area contributed by atoms with Crippen LogP contribution in [0.5, 0.6) is 0 Å². The van der Waals surface area contributed by atoms with E-state index in [1.54, 1.807) is 12.3 Å². The number of rotatable bonds is 1. The van der Waals surface area contributed by atoms with Crippen LogP contribution in [0, 0.1) is 0 Å². The largest absolute Gasteiger partial charge is 0.369 e. The van der Waals surface area contributed by atoms with Crippen LogP contribution in [0.25, 0.3) is 0 Å². The summed E-state index contributed by atoms with van der Waals surface area (Å²) in [5, 5.41) is 1.15. The van der Waals surface area contributed by atoms with Crippen LogP contribution in [0.1, 0.15) is 12.8 Å². The Hall–Kier alpha value is -0.470. The van der Waals surface area contributed by atoms with E-state index in [4.69, 9.17) is 23.2 Å². The summed E-state index contributed by atoms with van der Waals surface area (Å²) in [6.07, 6.45) is 4.22. The monoisotopic (exact) mass is 216 g/mol. The van der Waals surface area contributed by atoms with E-state index in [-0.39, 0.29) is 0 Å². The number of aromatic nitrogens is 1. The fourth-order valence-corrected chi connectivity index (χ4v) is 2.08. The second kappa shape index (κ2) is 3.72. The quantitative estimate of drug-likeness (QED) is 0.672. The Labute approximate surface area is 87.5 Å². The van der Waals surface area contributed by atoms with Gasteiger partial charge in [-0.3, -0.25) is 0 Å². The molecule has 13 heavy (non-hydrogen) atoms. The van der Waals surface area contributed by atoms with Crippen molar-refractivity contribution in [3.63, 3.8) is 0 Å². The number of anilines is 1. The van der Waals surface area contributed by atoms with Crippen molar-refractivity contribution in [2.75, 3.05) is 18.0 Å². The number of nitrogens with zero attached hydrogens (tertiary/aromatic N) is 2. The molecular formula is C9H10Cl2N2. The second-order valence-corrected chi connectivity index (χ2v) is 3.95. The minimum atomic E-state index is 0.452. The van der Waals surface area contributed by atoms with Crippen LogP contribution in [-0.4, -0.2) is 18.1 Å². The van der Waals surface area contributed by atoms with E-state index in [0.29, 0.717) is 10.2 Å². The summed E-state index contributed by atoms with van der Waals surface area (Å²) < 4.78 is 0. The molecule has 0 spiro atoms. The van der Waals surface area contributed by atoms with Gasteiger partial charge in [0.1, 0.15) is 5.15 Å². The molecule has 0 saturated carbocycles. The van der Waals surface area contributed by atoms with E-state index in [2.05, 4.69) is 9.88 Å². The van der Waals surface area contributed by atoms with Gasteiger partial charge in [0, 0.05) is 13.1 Å². The molecule has 0 bridgehead atoms. The van der Waals surface area contributed by atoms with Gasteiger partial charge in [-0.2, -0.15) is 0 Å². The van der Waals surface area contributed by atoms with Gasteiger partial charge < -0.3 is 4.90 Å². The van der Waals surface area contributed by atoms with Crippen molar-refractivity contribution < 1.29 is 0 Å². The highest BCUT2D eigenvalue weighted by atomic mass is 35.5. The lowest BCUT2D eigenvalue weighted by Gasteiger charge is -2.18. The molecule has 2 nitrogen and oxygen atoms in total. The van der Waals surface area contributed by atoms with Gasteiger partial charge in [-0.25, -0.2) is 4.98 Å². The summed E-state index contributed by atoms with van der Waals surface area (Å²) >= 11 is 11.8. The Morgan fingerprint density at radius 1 is 1.23 bits per heavy atom. The number of hydrogen-bond acceptors (Lipinski definition) is 2. The van der Waals surface area contributed by atoms with Crippen molar-refractivity contribution in [3.05, 3.63) is 22.4 Å². The first-order chi connectivity index (χ1) is 6.27. The molecule has 2 rings (SSSR count). The number of halogens is 2. The average Bonchev–Trinajstić information content (AvgIpc) is 2.56. The minimum absolute atomic E-state index is 0.452. The molecule has 0 aromatic carbocycles. The maximum absolute atomic E-state index is 6.04. The van der Waals surface area contributed by atoms with Gasteiger partial charge in [0.25, 0.3) is 0 Å². The predicted octanol–water partition coefficient (Wildman–Crippen LogP) is 2.99. The highest BCUT2D eigenvalue weighted by molar-refractivity contribution is 6.35. The lowest BCUT2D eigenvalue weighted by atomic mass is 10.4. The summed E-state index contributed by atoms with van der Waals surface area (Å²) in [6, 6.07) is 1.69. The smallest absolute Gasteiger partial charge is 0.130 e. The van der Waals surface area contributed by atoms with Gasteiger partial charge in [-0.05, 0) is 18.9 Å². The molecule has 1 aliphatic heterocycles. The van der Waals surface area contributed by atoms with E-state index in [9.17, 15) is 0 Å². The minimum Gasteiger partial charge on any atom is -0.369 e. The van der Waals surface area contributed by atoms with Crippen molar-refractivity contribution in [2.45, 2.75) is 12.8 Å². The Morgan fingerprint density at radius 3 is 2.54 bits per heavy atom. The van der Waals surface area contributed by atoms with Crippen molar-refractivity contribution >= 4 is 28.9 Å². The second-order valence-electron chi connectivity index (χ2n) is 3.15. The van der Waals surface area contributed by atoms with Gasteiger partial charge in [-0.1, -0.05) is 23.2 Å². The summed E-state index contributed by atoms with van der Waals surface area (Å²) in [4.78, 5) is 6.27. The molecule has 0 atom stereocenters. The lowest BCUT2D eigenvalue weighted by molar-refractivity contribution is 0.949. The topological polar surface area (TPSA) is 16.1 Å². The maximum atomic E-state index is 6.04. The van der Waals surface area contributed by atoms with Crippen LogP contribution in [0.2, 0.25) is 10.2 Å². The molecule has 4 heteroatoms. The molecule has 0 N–H and O–H groups in total. The Balaban J connectivity index is 2.29. The third kappa shape index (κ3) is 1.89. The molecule has 70 valence electrons. The summed E-state index contributed by atoms with van der Waals surface area (Å²) in [7, 11) is 0. The van der Waals surface area contributed by atoms with Gasteiger partial charge in [0.05, 0.1) is 16.9 Å². The zero-order valence-electron chi connectivity index (χ0n) is 7.13. The molecule has 0 aliphatic carbocycles. The van der Waals surface area contributed by atoms with Gasteiger partial charge in [0.2, 0.25) is 0 Å². The van der Waals surface area contributed by atoms with E-state index >= 15 is 0 Å². The zero-order chi connectivity index (χ0) is 9.26. The molecule has 2 heterocycles. The summed E-state index contributed by atoms with van der Waals surface area (Å²) in [5.74, 6) is 0. The Bertz CT molecular complexity index is 308. The van der Waals surface area contributed by atoms with Crippen LogP contribution in [-0.2, 0) is 0 Å². The van der Waals surface area contributed by atoms with E-state index in [1.165, 1.54) is 12.8 Å². The highest BCUT2D eigenvalue weighted by Crippen LogP contribution is 2.29. The normalized spacial score (nSPS) is 16.6. The third-order valence-corrected chi connectivity index (χ3v) is 2.76. The Kier molecular flexibility index (Phi) is 2.61. The summed E-state index contributed by atoms with van der Waals surface area (Å²) in [5.41, 5.74) is 1.00. The SMILES string of the molecule is Clc1cc(Cl)c(N2CCCC2)cn1. The highest BCUT2D eigenvalue weighted by Gasteiger charge is 2.15. The van der Waals surface area contributed by atoms with Crippen LogP contribution in [0.3, 0.4) is 0 Å².